The number of thioether (sulfide) groups is 1. The molecule has 0 aliphatic carbocycles. The Bertz CT molecular complexity index is 1290. The molecule has 0 bridgehead atoms. The summed E-state index contributed by atoms with van der Waals surface area (Å²) in [5.41, 5.74) is 2.00. The van der Waals surface area contributed by atoms with E-state index in [-0.39, 0.29) is 5.56 Å². The number of nitrogens with zero attached hydrogens (tertiary/aromatic N) is 5. The Hall–Kier alpha value is -2.49. The maximum Gasteiger partial charge on any atom is 0.259 e. The highest BCUT2D eigenvalue weighted by Crippen LogP contribution is 2.28. The number of aromatic nitrogens is 5. The summed E-state index contributed by atoms with van der Waals surface area (Å²) in [6.07, 6.45) is 3.79. The van der Waals surface area contributed by atoms with Gasteiger partial charge in [-0.15, -0.1) is 21.5 Å². The lowest BCUT2D eigenvalue weighted by atomic mass is 10.1. The summed E-state index contributed by atoms with van der Waals surface area (Å²) < 4.78 is 2.13. The molecule has 4 aromatic rings. The van der Waals surface area contributed by atoms with Crippen molar-refractivity contribution in [3.05, 3.63) is 62.8 Å². The highest BCUT2D eigenvalue weighted by Gasteiger charge is 2.19. The van der Waals surface area contributed by atoms with Crippen molar-refractivity contribution in [3.8, 4) is 5.69 Å². The van der Waals surface area contributed by atoms with E-state index in [1.165, 1.54) is 19.3 Å². The van der Waals surface area contributed by atoms with Crippen LogP contribution in [0.4, 0.5) is 0 Å². The van der Waals surface area contributed by atoms with Gasteiger partial charge in [0.2, 0.25) is 0 Å². The van der Waals surface area contributed by atoms with Crippen molar-refractivity contribution in [2.45, 2.75) is 50.6 Å². The second-order valence-corrected chi connectivity index (χ2v) is 10.3. The third-order valence-electron chi connectivity index (χ3n) is 5.95. The summed E-state index contributed by atoms with van der Waals surface area (Å²) in [6, 6.07) is 10.2. The first-order chi connectivity index (χ1) is 15.6. The zero-order valence-electron chi connectivity index (χ0n) is 18.3. The van der Waals surface area contributed by atoms with Gasteiger partial charge in [0.15, 0.2) is 11.0 Å². The minimum absolute atomic E-state index is 0.0669. The molecule has 1 aliphatic heterocycles. The molecule has 1 aliphatic rings. The Morgan fingerprint density at radius 3 is 2.66 bits per heavy atom. The number of hydrogen-bond donors (Lipinski definition) is 1. The van der Waals surface area contributed by atoms with Crippen molar-refractivity contribution >= 4 is 33.3 Å². The number of rotatable bonds is 6. The third kappa shape index (κ3) is 4.24. The second-order valence-electron chi connectivity index (χ2n) is 8.17. The summed E-state index contributed by atoms with van der Waals surface area (Å²) in [6.45, 7) is 7.01. The Morgan fingerprint density at radius 1 is 1.09 bits per heavy atom. The van der Waals surface area contributed by atoms with E-state index in [1.807, 2.05) is 32.0 Å². The standard InChI is InChI=1S/C23H26N6OS2/c1-15-16(2)32-22-20(15)21(30)24-18(25-22)14-31-23-27-26-19(13-28-11-7-4-8-12-28)29(23)17-9-5-3-6-10-17/h3,5-6,9-10H,4,7-8,11-14H2,1-2H3,(H,24,25,30). The Labute approximate surface area is 194 Å². The molecule has 0 atom stereocenters. The van der Waals surface area contributed by atoms with Crippen LogP contribution in [-0.4, -0.2) is 42.7 Å². The average molecular weight is 467 g/mol. The number of thiophene rings is 1. The first kappa shape index (κ1) is 21.4. The molecule has 0 saturated carbocycles. The lowest BCUT2D eigenvalue weighted by Crippen LogP contribution is -2.30. The maximum absolute atomic E-state index is 12.6. The summed E-state index contributed by atoms with van der Waals surface area (Å²) in [7, 11) is 0. The Balaban J connectivity index is 1.43. The van der Waals surface area contributed by atoms with Crippen LogP contribution in [0.2, 0.25) is 0 Å². The number of fused-ring (bicyclic) bond motifs is 1. The topological polar surface area (TPSA) is 79.7 Å². The minimum atomic E-state index is -0.0669. The Kier molecular flexibility index (Phi) is 6.12. The molecule has 32 heavy (non-hydrogen) atoms. The van der Waals surface area contributed by atoms with Crippen LogP contribution in [0, 0.1) is 13.8 Å². The smallest absolute Gasteiger partial charge is 0.259 e. The molecule has 0 unspecified atom stereocenters. The van der Waals surface area contributed by atoms with Crippen LogP contribution in [0.3, 0.4) is 0 Å². The van der Waals surface area contributed by atoms with Crippen LogP contribution in [0.1, 0.15) is 41.4 Å². The fourth-order valence-electron chi connectivity index (χ4n) is 4.15. The number of para-hydroxylation sites is 1. The summed E-state index contributed by atoms with van der Waals surface area (Å²) in [5.74, 6) is 2.13. The van der Waals surface area contributed by atoms with Crippen LogP contribution in [0.15, 0.2) is 40.3 Å². The molecule has 1 saturated heterocycles. The van der Waals surface area contributed by atoms with Gasteiger partial charge >= 0.3 is 0 Å². The largest absolute Gasteiger partial charge is 0.309 e. The number of aryl methyl sites for hydroxylation is 2. The number of likely N-dealkylation sites (tertiary alicyclic amines) is 1. The summed E-state index contributed by atoms with van der Waals surface area (Å²) in [4.78, 5) is 24.7. The van der Waals surface area contributed by atoms with Gasteiger partial charge in [0.25, 0.3) is 5.56 Å². The van der Waals surface area contributed by atoms with E-state index in [1.54, 1.807) is 23.1 Å². The van der Waals surface area contributed by atoms with E-state index in [9.17, 15) is 4.79 Å². The predicted octanol–water partition coefficient (Wildman–Crippen LogP) is 4.46. The van der Waals surface area contributed by atoms with Crippen molar-refractivity contribution in [3.63, 3.8) is 0 Å². The molecular weight excluding hydrogens is 440 g/mol. The molecule has 166 valence electrons. The number of benzene rings is 1. The van der Waals surface area contributed by atoms with Crippen LogP contribution in [-0.2, 0) is 12.3 Å². The lowest BCUT2D eigenvalue weighted by molar-refractivity contribution is 0.214. The van der Waals surface area contributed by atoms with Crippen LogP contribution in [0.5, 0.6) is 0 Å². The highest BCUT2D eigenvalue weighted by atomic mass is 32.2. The number of hydrogen-bond acceptors (Lipinski definition) is 7. The van der Waals surface area contributed by atoms with Crippen LogP contribution in [0.25, 0.3) is 15.9 Å². The normalized spacial score (nSPS) is 14.9. The molecule has 9 heteroatoms. The van der Waals surface area contributed by atoms with Gasteiger partial charge < -0.3 is 4.98 Å². The number of H-pyrrole nitrogens is 1. The first-order valence-corrected chi connectivity index (χ1v) is 12.7. The molecule has 1 fully saturated rings. The van der Waals surface area contributed by atoms with Gasteiger partial charge in [-0.2, -0.15) is 0 Å². The van der Waals surface area contributed by atoms with Crippen LogP contribution < -0.4 is 5.56 Å². The highest BCUT2D eigenvalue weighted by molar-refractivity contribution is 7.98. The van der Waals surface area contributed by atoms with Gasteiger partial charge in [-0.05, 0) is 57.5 Å². The fourth-order valence-corrected chi connectivity index (χ4v) is 6.04. The molecule has 0 spiro atoms. The number of nitrogens with one attached hydrogen (secondary N) is 1. The summed E-state index contributed by atoms with van der Waals surface area (Å²) >= 11 is 3.12. The zero-order chi connectivity index (χ0) is 22.1. The van der Waals surface area contributed by atoms with Gasteiger partial charge in [0.05, 0.1) is 17.7 Å². The fraction of sp³-hybridized carbons (Fsp3) is 0.391. The van der Waals surface area contributed by atoms with E-state index in [4.69, 9.17) is 4.98 Å². The van der Waals surface area contributed by atoms with Crippen molar-refractivity contribution in [1.29, 1.82) is 0 Å². The number of aromatic amines is 1. The number of piperidine rings is 1. The molecular formula is C23H26N6OS2. The molecule has 0 radical (unpaired) electrons. The van der Waals surface area contributed by atoms with Gasteiger partial charge in [0.1, 0.15) is 10.7 Å². The zero-order valence-corrected chi connectivity index (χ0v) is 19.9. The monoisotopic (exact) mass is 466 g/mol. The van der Waals surface area contributed by atoms with E-state index in [2.05, 4.69) is 36.8 Å². The quantitative estimate of drug-likeness (QED) is 0.423. The molecule has 1 aromatic carbocycles. The van der Waals surface area contributed by atoms with Crippen molar-refractivity contribution in [1.82, 2.24) is 29.6 Å². The molecule has 3 aromatic heterocycles. The molecule has 1 N–H and O–H groups in total. The first-order valence-electron chi connectivity index (χ1n) is 10.9. The lowest BCUT2D eigenvalue weighted by Gasteiger charge is -2.26. The maximum atomic E-state index is 12.6. The Morgan fingerprint density at radius 2 is 1.88 bits per heavy atom. The van der Waals surface area contributed by atoms with E-state index in [0.717, 1.165) is 51.6 Å². The van der Waals surface area contributed by atoms with Crippen molar-refractivity contribution in [2.24, 2.45) is 0 Å². The molecule has 0 amide bonds. The SMILES string of the molecule is Cc1sc2nc(CSc3nnc(CN4CCCCC4)n3-c3ccccc3)[nH]c(=O)c2c1C. The average Bonchev–Trinajstić information content (AvgIpc) is 3.33. The minimum Gasteiger partial charge on any atom is -0.309 e. The van der Waals surface area contributed by atoms with Gasteiger partial charge in [0, 0.05) is 10.6 Å². The van der Waals surface area contributed by atoms with Crippen molar-refractivity contribution < 1.29 is 0 Å². The molecule has 4 heterocycles. The molecule has 5 rings (SSSR count). The van der Waals surface area contributed by atoms with Gasteiger partial charge in [-0.3, -0.25) is 14.3 Å². The van der Waals surface area contributed by atoms with Gasteiger partial charge in [-0.1, -0.05) is 36.4 Å². The van der Waals surface area contributed by atoms with Gasteiger partial charge in [-0.25, -0.2) is 4.98 Å². The third-order valence-corrected chi connectivity index (χ3v) is 8.00. The second kappa shape index (κ2) is 9.17. The van der Waals surface area contributed by atoms with Crippen molar-refractivity contribution in [2.75, 3.05) is 13.1 Å². The van der Waals surface area contributed by atoms with E-state index < -0.39 is 0 Å². The predicted molar refractivity (Wildman–Crippen MR) is 130 cm³/mol. The van der Waals surface area contributed by atoms with E-state index >= 15 is 0 Å². The van der Waals surface area contributed by atoms with E-state index in [0.29, 0.717) is 17.0 Å². The summed E-state index contributed by atoms with van der Waals surface area (Å²) in [5, 5.41) is 10.6. The van der Waals surface area contributed by atoms with Crippen LogP contribution >= 0.6 is 23.1 Å². The molecule has 7 nitrogen and oxygen atoms in total.